The van der Waals surface area contributed by atoms with E-state index >= 15 is 0 Å². The first-order chi connectivity index (χ1) is 15.3. The van der Waals surface area contributed by atoms with Gasteiger partial charge in [0.05, 0.1) is 12.7 Å². The van der Waals surface area contributed by atoms with Crippen molar-refractivity contribution in [3.05, 3.63) is 22.8 Å². The molecule has 0 saturated heterocycles. The zero-order chi connectivity index (χ0) is 24.4. The van der Waals surface area contributed by atoms with Crippen LogP contribution in [0.2, 0.25) is 0 Å². The first kappa shape index (κ1) is 25.2. The molecule has 0 aromatic rings. The fourth-order valence-electron chi connectivity index (χ4n) is 9.44. The van der Waals surface area contributed by atoms with Crippen LogP contribution >= 0.6 is 0 Å². The van der Waals surface area contributed by atoms with E-state index in [1.807, 2.05) is 6.92 Å². The molecule has 0 heterocycles. The average molecular weight is 457 g/mol. The van der Waals surface area contributed by atoms with Crippen molar-refractivity contribution >= 4 is 5.78 Å². The van der Waals surface area contributed by atoms with Gasteiger partial charge in [-0.2, -0.15) is 0 Å². The lowest BCUT2D eigenvalue weighted by atomic mass is 9.43. The molecule has 0 aromatic heterocycles. The van der Waals surface area contributed by atoms with Gasteiger partial charge in [-0.15, -0.1) is 0 Å². The molecule has 186 valence electrons. The third-order valence-electron chi connectivity index (χ3n) is 11.5. The Morgan fingerprint density at radius 3 is 2.45 bits per heavy atom. The Kier molecular flexibility index (Phi) is 6.35. The Morgan fingerprint density at radius 1 is 1.09 bits per heavy atom. The zero-order valence-electron chi connectivity index (χ0n) is 22.3. The van der Waals surface area contributed by atoms with Gasteiger partial charge < -0.3 is 10.2 Å². The summed E-state index contributed by atoms with van der Waals surface area (Å²) in [6.45, 7) is 16.3. The highest BCUT2D eigenvalue weighted by molar-refractivity contribution is 5.85. The lowest BCUT2D eigenvalue weighted by Gasteiger charge is -2.60. The van der Waals surface area contributed by atoms with Gasteiger partial charge in [-0.3, -0.25) is 4.79 Å². The quantitative estimate of drug-likeness (QED) is 0.456. The first-order valence-electron chi connectivity index (χ1n) is 13.5. The van der Waals surface area contributed by atoms with Crippen LogP contribution in [-0.2, 0) is 4.79 Å². The van der Waals surface area contributed by atoms with Crippen LogP contribution in [0.4, 0.5) is 0 Å². The van der Waals surface area contributed by atoms with E-state index in [9.17, 15) is 15.0 Å². The van der Waals surface area contributed by atoms with Gasteiger partial charge in [0.1, 0.15) is 5.78 Å². The van der Waals surface area contributed by atoms with Crippen molar-refractivity contribution in [3.8, 4) is 0 Å². The van der Waals surface area contributed by atoms with E-state index < -0.39 is 0 Å². The summed E-state index contributed by atoms with van der Waals surface area (Å²) in [6.07, 6.45) is 11.0. The van der Waals surface area contributed by atoms with Crippen molar-refractivity contribution in [1.82, 2.24) is 0 Å². The number of carbonyl (C=O) groups excluding carboxylic acids is 1. The van der Waals surface area contributed by atoms with Crippen molar-refractivity contribution in [2.45, 2.75) is 112 Å². The molecule has 0 aliphatic heterocycles. The van der Waals surface area contributed by atoms with Crippen LogP contribution in [0, 0.1) is 39.4 Å². The van der Waals surface area contributed by atoms with E-state index in [1.165, 1.54) is 0 Å². The number of aliphatic hydroxyl groups excluding tert-OH is 2. The van der Waals surface area contributed by atoms with Crippen molar-refractivity contribution in [3.63, 3.8) is 0 Å². The molecule has 0 unspecified atom stereocenters. The molecule has 0 amide bonds. The highest BCUT2D eigenvalue weighted by Gasteiger charge is 2.65. The molecule has 0 radical (unpaired) electrons. The number of hydrogen-bond acceptors (Lipinski definition) is 3. The van der Waals surface area contributed by atoms with Crippen LogP contribution in [0.15, 0.2) is 22.8 Å². The molecule has 0 aromatic carbocycles. The zero-order valence-corrected chi connectivity index (χ0v) is 22.3. The number of fused-ring (bicyclic) bond motifs is 4. The molecule has 2 saturated carbocycles. The largest absolute Gasteiger partial charge is 0.393 e. The van der Waals surface area contributed by atoms with E-state index in [1.54, 1.807) is 11.1 Å². The number of rotatable bonds is 5. The molecular weight excluding hydrogens is 408 g/mol. The Bertz CT molecular complexity index is 866. The fourth-order valence-corrected chi connectivity index (χ4v) is 9.44. The second kappa shape index (κ2) is 8.33. The maximum absolute atomic E-state index is 12.8. The molecule has 2 fully saturated rings. The van der Waals surface area contributed by atoms with Crippen LogP contribution in [0.5, 0.6) is 0 Å². The number of aliphatic hydroxyl groups is 2. The summed E-state index contributed by atoms with van der Waals surface area (Å²) in [6, 6.07) is 0. The van der Waals surface area contributed by atoms with Gasteiger partial charge in [0.25, 0.3) is 0 Å². The molecule has 2 N–H and O–H groups in total. The van der Waals surface area contributed by atoms with Crippen LogP contribution in [0.3, 0.4) is 0 Å². The Labute approximate surface area is 202 Å². The predicted octanol–water partition coefficient (Wildman–Crippen LogP) is 6.63. The summed E-state index contributed by atoms with van der Waals surface area (Å²) in [5.41, 5.74) is 4.44. The number of hydrogen-bond donors (Lipinski definition) is 2. The molecule has 4 rings (SSSR count). The van der Waals surface area contributed by atoms with Gasteiger partial charge in [0, 0.05) is 11.8 Å². The molecule has 3 nitrogen and oxygen atoms in total. The number of allylic oxidation sites excluding steroid dienone is 3. The van der Waals surface area contributed by atoms with E-state index in [-0.39, 0.29) is 34.4 Å². The molecule has 33 heavy (non-hydrogen) atoms. The minimum atomic E-state index is -0.250. The Hall–Kier alpha value is -0.930. The predicted molar refractivity (Wildman–Crippen MR) is 135 cm³/mol. The van der Waals surface area contributed by atoms with Crippen LogP contribution in [-0.4, -0.2) is 28.7 Å². The summed E-state index contributed by atoms with van der Waals surface area (Å²) in [4.78, 5) is 12.8. The highest BCUT2D eigenvalue weighted by atomic mass is 16.3. The van der Waals surface area contributed by atoms with Crippen LogP contribution in [0.25, 0.3) is 0 Å². The van der Waals surface area contributed by atoms with Crippen LogP contribution < -0.4 is 0 Å². The van der Waals surface area contributed by atoms with Gasteiger partial charge >= 0.3 is 0 Å². The highest BCUT2D eigenvalue weighted by Crippen LogP contribution is 2.72. The van der Waals surface area contributed by atoms with E-state index in [0.717, 1.165) is 56.9 Å². The number of ketones is 1. The molecular formula is C30H48O3. The average Bonchev–Trinajstić information content (AvgIpc) is 2.96. The standard InChI is InChI=1S/C30H48O3/c1-19(18-31)9-8-10-20(2)26-23(32)17-30(7)22-11-12-24-27(3,4)25(33)14-15-28(24,5)21(22)13-16-29(26,30)6/h9,20,23-24,26,31-32H,8,10-18H2,1-7H3/t20-,23-,24+,26+,28-,29-,30+/m1/s1. The smallest absolute Gasteiger partial charge is 0.138 e. The number of carbonyl (C=O) groups is 1. The van der Waals surface area contributed by atoms with Gasteiger partial charge in [-0.1, -0.05) is 64.3 Å². The Morgan fingerprint density at radius 2 is 1.79 bits per heavy atom. The van der Waals surface area contributed by atoms with E-state index in [0.29, 0.717) is 30.0 Å². The Balaban J connectivity index is 1.66. The first-order valence-corrected chi connectivity index (χ1v) is 13.5. The van der Waals surface area contributed by atoms with Gasteiger partial charge in [-0.05, 0) is 92.3 Å². The van der Waals surface area contributed by atoms with Crippen molar-refractivity contribution in [2.75, 3.05) is 6.61 Å². The third-order valence-corrected chi connectivity index (χ3v) is 11.5. The minimum absolute atomic E-state index is 0.0510. The minimum Gasteiger partial charge on any atom is -0.393 e. The maximum atomic E-state index is 12.8. The second-order valence-electron chi connectivity index (χ2n) is 13.4. The van der Waals surface area contributed by atoms with Gasteiger partial charge in [0.2, 0.25) is 0 Å². The molecule has 4 aliphatic rings. The SMILES string of the molecule is CC(=CCC[C@@H](C)[C@H]1[C@H](O)C[C@@]2(C)C3=C(CC[C@]12C)[C@@]1(C)CCC(=O)C(C)(C)[C@@H]1CC3)CO. The van der Waals surface area contributed by atoms with Crippen molar-refractivity contribution in [1.29, 1.82) is 0 Å². The topological polar surface area (TPSA) is 57.5 Å². The van der Waals surface area contributed by atoms with Crippen LogP contribution in [0.1, 0.15) is 106 Å². The van der Waals surface area contributed by atoms with Crippen molar-refractivity contribution in [2.24, 2.45) is 39.4 Å². The lowest BCUT2D eigenvalue weighted by Crippen LogP contribution is -2.54. The normalized spacial score (nSPS) is 43.7. The molecule has 4 aliphatic carbocycles. The van der Waals surface area contributed by atoms with Crippen molar-refractivity contribution < 1.29 is 15.0 Å². The monoisotopic (exact) mass is 456 g/mol. The van der Waals surface area contributed by atoms with E-state index in [4.69, 9.17) is 0 Å². The summed E-state index contributed by atoms with van der Waals surface area (Å²) in [5.74, 6) is 1.67. The lowest BCUT2D eigenvalue weighted by molar-refractivity contribution is -0.139. The fraction of sp³-hybridized carbons (Fsp3) is 0.833. The second-order valence-corrected chi connectivity index (χ2v) is 13.4. The summed E-state index contributed by atoms with van der Waals surface area (Å²) < 4.78 is 0. The number of Topliss-reactive ketones (excluding diaryl/α,β-unsaturated/α-hetero) is 1. The molecule has 3 heteroatoms. The third kappa shape index (κ3) is 3.54. The van der Waals surface area contributed by atoms with Gasteiger partial charge in [0.15, 0.2) is 0 Å². The summed E-state index contributed by atoms with van der Waals surface area (Å²) in [7, 11) is 0. The molecule has 0 spiro atoms. The van der Waals surface area contributed by atoms with E-state index in [2.05, 4.69) is 47.6 Å². The molecule has 7 atom stereocenters. The maximum Gasteiger partial charge on any atom is 0.138 e. The summed E-state index contributed by atoms with van der Waals surface area (Å²) in [5, 5.41) is 20.8. The van der Waals surface area contributed by atoms with Gasteiger partial charge in [-0.25, -0.2) is 0 Å². The molecule has 0 bridgehead atoms. The summed E-state index contributed by atoms with van der Waals surface area (Å²) >= 11 is 0.